The first-order valence-corrected chi connectivity index (χ1v) is 9.29. The number of hydrogen-bond donors (Lipinski definition) is 2. The van der Waals surface area contributed by atoms with E-state index < -0.39 is 11.4 Å². The summed E-state index contributed by atoms with van der Waals surface area (Å²) in [4.78, 5) is 38.2. The molecule has 0 aliphatic carbocycles. The molecule has 6 heteroatoms. The lowest BCUT2D eigenvalue weighted by Crippen LogP contribution is -2.47. The Balaban J connectivity index is 1.86. The topological polar surface area (TPSA) is 86.7 Å². The molecule has 1 aromatic carbocycles. The predicted molar refractivity (Wildman–Crippen MR) is 98.7 cm³/mol. The largest absolute Gasteiger partial charge is 0.481 e. The van der Waals surface area contributed by atoms with Crippen LogP contribution in [0.25, 0.3) is 0 Å². The van der Waals surface area contributed by atoms with Crippen molar-refractivity contribution in [3.8, 4) is 0 Å². The lowest BCUT2D eigenvalue weighted by molar-refractivity contribution is -0.149. The molecular formula is C20H28N2O4. The van der Waals surface area contributed by atoms with Crippen molar-refractivity contribution in [2.45, 2.75) is 39.5 Å². The molecular weight excluding hydrogens is 332 g/mol. The molecule has 1 saturated heterocycles. The van der Waals surface area contributed by atoms with E-state index in [4.69, 9.17) is 0 Å². The quantitative estimate of drug-likeness (QED) is 0.782. The Kier molecular flexibility index (Phi) is 6.77. The van der Waals surface area contributed by atoms with Crippen LogP contribution < -0.4 is 5.32 Å². The van der Waals surface area contributed by atoms with E-state index in [0.29, 0.717) is 44.3 Å². The van der Waals surface area contributed by atoms with Crippen LogP contribution in [0.1, 0.15) is 49.9 Å². The maximum atomic E-state index is 12.4. The van der Waals surface area contributed by atoms with E-state index in [1.165, 1.54) is 0 Å². The number of carbonyl (C=O) groups is 3. The Morgan fingerprint density at radius 3 is 2.19 bits per heavy atom. The third-order valence-electron chi connectivity index (χ3n) is 5.58. The summed E-state index contributed by atoms with van der Waals surface area (Å²) >= 11 is 0. The lowest BCUT2D eigenvalue weighted by Gasteiger charge is -2.32. The molecule has 0 atom stereocenters. The van der Waals surface area contributed by atoms with E-state index >= 15 is 0 Å². The lowest BCUT2D eigenvalue weighted by atomic mass is 9.82. The molecule has 1 fully saturated rings. The number of aliphatic carboxylic acids is 1. The van der Waals surface area contributed by atoms with Crippen LogP contribution in [0, 0.1) is 11.3 Å². The van der Waals surface area contributed by atoms with Crippen LogP contribution in [0.5, 0.6) is 0 Å². The number of likely N-dealkylation sites (tertiary alicyclic amines) is 1. The smallest absolute Gasteiger partial charge is 0.311 e. The zero-order valence-electron chi connectivity index (χ0n) is 15.5. The van der Waals surface area contributed by atoms with Crippen molar-refractivity contribution in [1.82, 2.24) is 10.2 Å². The number of nitrogens with zero attached hydrogens (tertiary/aromatic N) is 1. The number of carbonyl (C=O) groups excluding carboxylic acids is 2. The van der Waals surface area contributed by atoms with Gasteiger partial charge in [-0.25, -0.2) is 0 Å². The van der Waals surface area contributed by atoms with Gasteiger partial charge in [-0.3, -0.25) is 14.4 Å². The van der Waals surface area contributed by atoms with E-state index in [9.17, 15) is 19.5 Å². The number of amides is 2. The van der Waals surface area contributed by atoms with Crippen LogP contribution in [0.4, 0.5) is 0 Å². The zero-order chi connectivity index (χ0) is 19.2. The summed E-state index contributed by atoms with van der Waals surface area (Å²) in [5.74, 6) is -1.16. The Bertz CT molecular complexity index is 632. The standard InChI is InChI=1S/C20H28N2O4/c1-3-20(4-2,19(25)26)14-21-17(23)15-10-12-22(13-11-15)18(24)16-8-6-5-7-9-16/h5-9,15H,3-4,10-14H2,1-2H3,(H,21,23)(H,25,26). The molecule has 1 aliphatic rings. The summed E-state index contributed by atoms with van der Waals surface area (Å²) in [5, 5.41) is 12.3. The van der Waals surface area contributed by atoms with Gasteiger partial charge in [0.1, 0.15) is 0 Å². The van der Waals surface area contributed by atoms with Crippen LogP contribution in [0.2, 0.25) is 0 Å². The normalized spacial score (nSPS) is 15.5. The summed E-state index contributed by atoms with van der Waals surface area (Å²) in [7, 11) is 0. The third kappa shape index (κ3) is 4.42. The van der Waals surface area contributed by atoms with Crippen LogP contribution >= 0.6 is 0 Å². The fraction of sp³-hybridized carbons (Fsp3) is 0.550. The molecule has 1 aromatic rings. The van der Waals surface area contributed by atoms with Gasteiger partial charge in [0.25, 0.3) is 5.91 Å². The van der Waals surface area contributed by atoms with Crippen molar-refractivity contribution in [2.75, 3.05) is 19.6 Å². The van der Waals surface area contributed by atoms with Crippen molar-refractivity contribution in [1.29, 1.82) is 0 Å². The number of carboxylic acids is 1. The molecule has 0 saturated carbocycles. The molecule has 0 bridgehead atoms. The minimum atomic E-state index is -0.903. The number of hydrogen-bond acceptors (Lipinski definition) is 3. The highest BCUT2D eigenvalue weighted by Crippen LogP contribution is 2.26. The van der Waals surface area contributed by atoms with Crippen molar-refractivity contribution in [2.24, 2.45) is 11.3 Å². The molecule has 1 aliphatic heterocycles. The fourth-order valence-electron chi connectivity index (χ4n) is 3.39. The van der Waals surface area contributed by atoms with Crippen molar-refractivity contribution >= 4 is 17.8 Å². The summed E-state index contributed by atoms with van der Waals surface area (Å²) in [6, 6.07) is 9.13. The van der Waals surface area contributed by atoms with Gasteiger partial charge in [0.2, 0.25) is 5.91 Å². The monoisotopic (exact) mass is 360 g/mol. The van der Waals surface area contributed by atoms with E-state index in [2.05, 4.69) is 5.32 Å². The van der Waals surface area contributed by atoms with Gasteiger partial charge in [0.15, 0.2) is 0 Å². The number of piperidine rings is 1. The average Bonchev–Trinajstić information content (AvgIpc) is 2.69. The molecule has 2 N–H and O–H groups in total. The molecule has 0 radical (unpaired) electrons. The van der Waals surface area contributed by atoms with Gasteiger partial charge in [-0.05, 0) is 37.8 Å². The number of carboxylic acid groups (broad SMARTS) is 1. The summed E-state index contributed by atoms with van der Waals surface area (Å²) in [6.45, 7) is 4.89. The second-order valence-electron chi connectivity index (χ2n) is 6.94. The molecule has 0 unspecified atom stereocenters. The summed E-state index contributed by atoms with van der Waals surface area (Å²) < 4.78 is 0. The average molecular weight is 360 g/mol. The number of benzene rings is 1. The van der Waals surface area contributed by atoms with Crippen molar-refractivity contribution < 1.29 is 19.5 Å². The minimum absolute atomic E-state index is 0.00804. The van der Waals surface area contributed by atoms with E-state index in [0.717, 1.165) is 0 Å². The van der Waals surface area contributed by atoms with E-state index in [1.807, 2.05) is 32.0 Å². The van der Waals surface area contributed by atoms with Crippen molar-refractivity contribution in [3.05, 3.63) is 35.9 Å². The van der Waals surface area contributed by atoms with Crippen LogP contribution in [0.3, 0.4) is 0 Å². The van der Waals surface area contributed by atoms with E-state index in [-0.39, 0.29) is 24.3 Å². The van der Waals surface area contributed by atoms with Gasteiger partial charge >= 0.3 is 5.97 Å². The minimum Gasteiger partial charge on any atom is -0.481 e. The van der Waals surface area contributed by atoms with Gasteiger partial charge in [0.05, 0.1) is 5.41 Å². The molecule has 26 heavy (non-hydrogen) atoms. The first-order chi connectivity index (χ1) is 12.4. The van der Waals surface area contributed by atoms with E-state index in [1.54, 1.807) is 17.0 Å². The Labute approximate surface area is 154 Å². The van der Waals surface area contributed by atoms with Gasteiger partial charge in [0, 0.05) is 31.1 Å². The Hall–Kier alpha value is -2.37. The maximum Gasteiger partial charge on any atom is 0.311 e. The van der Waals surface area contributed by atoms with Gasteiger partial charge < -0.3 is 15.3 Å². The number of nitrogens with one attached hydrogen (secondary N) is 1. The predicted octanol–water partition coefficient (Wildman–Crippen LogP) is 2.55. The van der Waals surface area contributed by atoms with Crippen LogP contribution in [-0.2, 0) is 9.59 Å². The molecule has 0 aromatic heterocycles. The first kappa shape index (κ1) is 19.9. The van der Waals surface area contributed by atoms with Crippen LogP contribution in [-0.4, -0.2) is 47.4 Å². The summed E-state index contributed by atoms with van der Waals surface area (Å²) in [6.07, 6.45) is 2.15. The van der Waals surface area contributed by atoms with Gasteiger partial charge in [-0.1, -0.05) is 32.0 Å². The Morgan fingerprint density at radius 1 is 1.12 bits per heavy atom. The number of rotatable bonds is 7. The first-order valence-electron chi connectivity index (χ1n) is 9.29. The highest BCUT2D eigenvalue weighted by Gasteiger charge is 2.36. The Morgan fingerprint density at radius 2 is 1.69 bits per heavy atom. The van der Waals surface area contributed by atoms with Gasteiger partial charge in [-0.2, -0.15) is 0 Å². The molecule has 142 valence electrons. The second-order valence-corrected chi connectivity index (χ2v) is 6.94. The third-order valence-corrected chi connectivity index (χ3v) is 5.58. The SMILES string of the molecule is CCC(CC)(CNC(=O)C1CCN(C(=O)c2ccccc2)CC1)C(=O)O. The molecule has 2 rings (SSSR count). The van der Waals surface area contributed by atoms with Crippen molar-refractivity contribution in [3.63, 3.8) is 0 Å². The highest BCUT2D eigenvalue weighted by molar-refractivity contribution is 5.94. The van der Waals surface area contributed by atoms with Crippen LogP contribution in [0.15, 0.2) is 30.3 Å². The molecule has 2 amide bonds. The highest BCUT2D eigenvalue weighted by atomic mass is 16.4. The zero-order valence-corrected chi connectivity index (χ0v) is 15.5. The second kappa shape index (κ2) is 8.83. The fourth-order valence-corrected chi connectivity index (χ4v) is 3.39. The molecule has 1 heterocycles. The molecule has 6 nitrogen and oxygen atoms in total. The molecule has 0 spiro atoms. The van der Waals surface area contributed by atoms with Gasteiger partial charge in [-0.15, -0.1) is 0 Å². The maximum absolute atomic E-state index is 12.4. The summed E-state index contributed by atoms with van der Waals surface area (Å²) in [5.41, 5.74) is -0.243.